The molecule has 0 aromatic carbocycles. The van der Waals surface area contributed by atoms with E-state index in [1.165, 1.54) is 6.42 Å². The molecule has 1 saturated heterocycles. The van der Waals surface area contributed by atoms with Crippen LogP contribution in [0.5, 0.6) is 5.88 Å². The highest BCUT2D eigenvalue weighted by Gasteiger charge is 2.14. The number of aromatic nitrogens is 2. The number of rotatable bonds is 4. The van der Waals surface area contributed by atoms with Crippen LogP contribution in [0, 0.1) is 0 Å². The molecule has 0 bridgehead atoms. The van der Waals surface area contributed by atoms with E-state index in [1.807, 2.05) is 0 Å². The van der Waals surface area contributed by atoms with Gasteiger partial charge in [0, 0.05) is 13.7 Å². The molecule has 1 aromatic heterocycles. The van der Waals surface area contributed by atoms with Gasteiger partial charge in [-0.3, -0.25) is 4.98 Å². The highest BCUT2D eigenvalue weighted by molar-refractivity contribution is 5.31. The van der Waals surface area contributed by atoms with Crippen molar-refractivity contribution in [3.63, 3.8) is 0 Å². The molecule has 1 atom stereocenters. The van der Waals surface area contributed by atoms with E-state index in [4.69, 9.17) is 9.47 Å². The molecule has 0 radical (unpaired) electrons. The predicted molar refractivity (Wildman–Crippen MR) is 60.7 cm³/mol. The maximum absolute atomic E-state index is 5.57. The van der Waals surface area contributed by atoms with Crippen molar-refractivity contribution in [2.75, 3.05) is 25.6 Å². The zero-order valence-corrected chi connectivity index (χ0v) is 9.48. The van der Waals surface area contributed by atoms with E-state index in [0.29, 0.717) is 18.3 Å². The minimum absolute atomic E-state index is 0.203. The van der Waals surface area contributed by atoms with Gasteiger partial charge in [-0.15, -0.1) is 0 Å². The summed E-state index contributed by atoms with van der Waals surface area (Å²) in [6.45, 7) is 1.40. The molecule has 1 N–H and O–H groups in total. The van der Waals surface area contributed by atoms with Crippen LogP contribution in [0.3, 0.4) is 0 Å². The number of hydrogen-bond acceptors (Lipinski definition) is 5. The van der Waals surface area contributed by atoms with E-state index < -0.39 is 0 Å². The average molecular weight is 223 g/mol. The highest BCUT2D eigenvalue weighted by atomic mass is 16.5. The molecule has 5 nitrogen and oxygen atoms in total. The Bertz CT molecular complexity index is 327. The Balaban J connectivity index is 1.83. The van der Waals surface area contributed by atoms with Crippen molar-refractivity contribution < 1.29 is 9.47 Å². The minimum atomic E-state index is 0.203. The van der Waals surface area contributed by atoms with Crippen LogP contribution in [0.1, 0.15) is 19.3 Å². The van der Waals surface area contributed by atoms with Crippen molar-refractivity contribution >= 4 is 5.82 Å². The lowest BCUT2D eigenvalue weighted by Gasteiger charge is -2.22. The van der Waals surface area contributed by atoms with Gasteiger partial charge < -0.3 is 14.8 Å². The molecule has 0 amide bonds. The van der Waals surface area contributed by atoms with Crippen LogP contribution in [0.2, 0.25) is 0 Å². The molecule has 2 heterocycles. The Morgan fingerprint density at radius 2 is 2.44 bits per heavy atom. The Hall–Kier alpha value is -1.36. The zero-order chi connectivity index (χ0) is 11.2. The Labute approximate surface area is 95.2 Å². The third-order valence-electron chi connectivity index (χ3n) is 2.56. The van der Waals surface area contributed by atoms with E-state index in [-0.39, 0.29) is 6.10 Å². The first kappa shape index (κ1) is 11.1. The Morgan fingerprint density at radius 3 is 3.19 bits per heavy atom. The van der Waals surface area contributed by atoms with Crippen LogP contribution in [-0.4, -0.2) is 36.3 Å². The van der Waals surface area contributed by atoms with Gasteiger partial charge >= 0.3 is 0 Å². The van der Waals surface area contributed by atoms with Gasteiger partial charge in [0.25, 0.3) is 0 Å². The summed E-state index contributed by atoms with van der Waals surface area (Å²) in [6.07, 6.45) is 6.92. The summed E-state index contributed by atoms with van der Waals surface area (Å²) >= 11 is 0. The van der Waals surface area contributed by atoms with Crippen molar-refractivity contribution in [1.29, 1.82) is 0 Å². The maximum atomic E-state index is 5.57. The lowest BCUT2D eigenvalue weighted by molar-refractivity contribution is -0.0119. The molecule has 1 aliphatic heterocycles. The first-order valence-electron chi connectivity index (χ1n) is 5.62. The molecular formula is C11H17N3O2. The Morgan fingerprint density at radius 1 is 1.50 bits per heavy atom. The molecule has 1 fully saturated rings. The summed E-state index contributed by atoms with van der Waals surface area (Å²) < 4.78 is 11.1. The van der Waals surface area contributed by atoms with Crippen LogP contribution < -0.4 is 10.1 Å². The molecule has 1 aliphatic rings. The van der Waals surface area contributed by atoms with Gasteiger partial charge in [0.1, 0.15) is 12.4 Å². The average Bonchev–Trinajstić information content (AvgIpc) is 2.38. The third kappa shape index (κ3) is 3.06. The van der Waals surface area contributed by atoms with Crippen LogP contribution in [0.4, 0.5) is 5.82 Å². The molecule has 2 rings (SSSR count). The smallest absolute Gasteiger partial charge is 0.234 e. The second kappa shape index (κ2) is 5.65. The van der Waals surface area contributed by atoms with Gasteiger partial charge in [-0.25, -0.2) is 0 Å². The fourth-order valence-corrected chi connectivity index (χ4v) is 1.66. The molecule has 1 aromatic rings. The Kier molecular flexibility index (Phi) is 3.93. The zero-order valence-electron chi connectivity index (χ0n) is 9.48. The van der Waals surface area contributed by atoms with Gasteiger partial charge in [-0.2, -0.15) is 4.98 Å². The maximum Gasteiger partial charge on any atom is 0.234 e. The molecule has 0 saturated carbocycles. The van der Waals surface area contributed by atoms with Crippen LogP contribution in [0.15, 0.2) is 12.4 Å². The van der Waals surface area contributed by atoms with Crippen molar-refractivity contribution in [2.24, 2.45) is 0 Å². The van der Waals surface area contributed by atoms with Crippen molar-refractivity contribution in [1.82, 2.24) is 9.97 Å². The normalized spacial score (nSPS) is 20.4. The van der Waals surface area contributed by atoms with Crippen molar-refractivity contribution in [3.05, 3.63) is 12.4 Å². The highest BCUT2D eigenvalue weighted by Crippen LogP contribution is 2.14. The summed E-state index contributed by atoms with van der Waals surface area (Å²) in [6, 6.07) is 0. The fraction of sp³-hybridized carbons (Fsp3) is 0.636. The number of anilines is 1. The van der Waals surface area contributed by atoms with Gasteiger partial charge in [-0.05, 0) is 19.3 Å². The molecule has 16 heavy (non-hydrogen) atoms. The van der Waals surface area contributed by atoms with Crippen LogP contribution in [-0.2, 0) is 4.74 Å². The standard InChI is InChI=1S/C11H17N3O2/c1-12-10-6-13-7-11(14-10)16-8-9-4-2-3-5-15-9/h6-7,9H,2-5,8H2,1H3,(H,12,14). The first-order valence-corrected chi connectivity index (χ1v) is 5.62. The van der Waals surface area contributed by atoms with Gasteiger partial charge in [0.15, 0.2) is 0 Å². The summed E-state index contributed by atoms with van der Waals surface area (Å²) in [5.74, 6) is 1.25. The first-order chi connectivity index (χ1) is 7.88. The second-order valence-electron chi connectivity index (χ2n) is 3.79. The summed E-state index contributed by atoms with van der Waals surface area (Å²) in [5.41, 5.74) is 0. The van der Waals surface area contributed by atoms with E-state index in [9.17, 15) is 0 Å². The van der Waals surface area contributed by atoms with Crippen LogP contribution in [0.25, 0.3) is 0 Å². The topological polar surface area (TPSA) is 56.3 Å². The molecule has 0 spiro atoms. The lowest BCUT2D eigenvalue weighted by atomic mass is 10.1. The van der Waals surface area contributed by atoms with E-state index >= 15 is 0 Å². The summed E-state index contributed by atoms with van der Waals surface area (Å²) in [5, 5.41) is 2.92. The number of hydrogen-bond donors (Lipinski definition) is 1. The molecule has 0 aliphatic carbocycles. The van der Waals surface area contributed by atoms with Gasteiger partial charge in [0.05, 0.1) is 18.5 Å². The van der Waals surface area contributed by atoms with Crippen molar-refractivity contribution in [3.8, 4) is 5.88 Å². The molecular weight excluding hydrogens is 206 g/mol. The van der Waals surface area contributed by atoms with Gasteiger partial charge in [0.2, 0.25) is 5.88 Å². The lowest BCUT2D eigenvalue weighted by Crippen LogP contribution is -2.26. The minimum Gasteiger partial charge on any atom is -0.474 e. The predicted octanol–water partition coefficient (Wildman–Crippen LogP) is 1.47. The SMILES string of the molecule is CNc1cncc(OCC2CCCCO2)n1. The van der Waals surface area contributed by atoms with Crippen LogP contribution >= 0.6 is 0 Å². The monoisotopic (exact) mass is 223 g/mol. The molecule has 1 unspecified atom stereocenters. The summed E-state index contributed by atoms with van der Waals surface area (Å²) in [4.78, 5) is 8.25. The second-order valence-corrected chi connectivity index (χ2v) is 3.79. The van der Waals surface area contributed by atoms with E-state index in [0.717, 1.165) is 19.4 Å². The van der Waals surface area contributed by atoms with Crippen molar-refractivity contribution in [2.45, 2.75) is 25.4 Å². The number of ether oxygens (including phenoxy) is 2. The van der Waals surface area contributed by atoms with E-state index in [2.05, 4.69) is 15.3 Å². The summed E-state index contributed by atoms with van der Waals surface area (Å²) in [7, 11) is 1.80. The van der Waals surface area contributed by atoms with E-state index in [1.54, 1.807) is 19.4 Å². The molecule has 5 heteroatoms. The largest absolute Gasteiger partial charge is 0.474 e. The third-order valence-corrected chi connectivity index (χ3v) is 2.56. The number of nitrogens with zero attached hydrogens (tertiary/aromatic N) is 2. The quantitative estimate of drug-likeness (QED) is 0.837. The number of nitrogens with one attached hydrogen (secondary N) is 1. The fourth-order valence-electron chi connectivity index (χ4n) is 1.66. The van der Waals surface area contributed by atoms with Gasteiger partial charge in [-0.1, -0.05) is 0 Å². The molecule has 88 valence electrons.